The molecule has 3 rings (SSSR count). The van der Waals surface area contributed by atoms with Crippen molar-refractivity contribution >= 4 is 28.5 Å². The number of nitrogen functional groups attached to an aromatic ring is 1. The Balaban J connectivity index is 2.03. The van der Waals surface area contributed by atoms with E-state index in [0.29, 0.717) is 22.0 Å². The first-order valence-corrected chi connectivity index (χ1v) is 6.36. The molecule has 0 aliphatic heterocycles. The molecule has 20 heavy (non-hydrogen) atoms. The van der Waals surface area contributed by atoms with Gasteiger partial charge in [0.2, 0.25) is 0 Å². The molecule has 1 aromatic carbocycles. The van der Waals surface area contributed by atoms with Gasteiger partial charge in [-0.15, -0.1) is 0 Å². The molecule has 0 radical (unpaired) electrons. The highest BCUT2D eigenvalue weighted by Crippen LogP contribution is 2.28. The van der Waals surface area contributed by atoms with Gasteiger partial charge in [-0.2, -0.15) is 4.98 Å². The number of oxazole rings is 1. The number of anilines is 1. The van der Waals surface area contributed by atoms with E-state index >= 15 is 0 Å². The van der Waals surface area contributed by atoms with E-state index in [1.165, 1.54) is 4.68 Å². The molecule has 0 amide bonds. The van der Waals surface area contributed by atoms with Gasteiger partial charge in [0.1, 0.15) is 5.52 Å². The molecule has 0 saturated carbocycles. The van der Waals surface area contributed by atoms with E-state index in [0.717, 1.165) is 11.8 Å². The fraction of sp³-hybridized carbons (Fsp3) is 0.0909. The lowest BCUT2D eigenvalue weighted by molar-refractivity contribution is 0.485. The van der Waals surface area contributed by atoms with Crippen molar-refractivity contribution in [3.05, 3.63) is 38.9 Å². The summed E-state index contributed by atoms with van der Waals surface area (Å²) in [5.74, 6) is 0. The molecule has 3 aromatic rings. The van der Waals surface area contributed by atoms with Crippen LogP contribution in [0.15, 0.2) is 42.6 Å². The van der Waals surface area contributed by atoms with E-state index in [1.807, 2.05) is 0 Å². The smallest absolute Gasteiger partial charge is 0.339 e. The molecule has 2 heterocycles. The Hall–Kier alpha value is -2.55. The van der Waals surface area contributed by atoms with Crippen LogP contribution in [0.2, 0.25) is 0 Å². The van der Waals surface area contributed by atoms with E-state index in [9.17, 15) is 9.59 Å². The average molecular weight is 291 g/mol. The molecule has 102 valence electrons. The summed E-state index contributed by atoms with van der Waals surface area (Å²) in [5.41, 5.74) is 5.78. The largest absolute Gasteiger partial charge is 0.431 e. The Kier molecular flexibility index (Phi) is 2.83. The molecular formula is C11H9N5O3S. The highest BCUT2D eigenvalue weighted by atomic mass is 32.2. The lowest BCUT2D eigenvalue weighted by atomic mass is 10.3. The first kappa shape index (κ1) is 12.5. The van der Waals surface area contributed by atoms with Crippen LogP contribution in [0.1, 0.15) is 0 Å². The first-order valence-electron chi connectivity index (χ1n) is 5.54. The second-order valence-corrected chi connectivity index (χ2v) is 4.93. The fourth-order valence-electron chi connectivity index (χ4n) is 1.59. The number of nitrogens with one attached hydrogen (secondary N) is 1. The molecule has 0 saturated heterocycles. The maximum atomic E-state index is 11.2. The summed E-state index contributed by atoms with van der Waals surface area (Å²) in [6, 6.07) is 5.11. The molecular weight excluding hydrogens is 282 g/mol. The number of nitrogens with zero attached hydrogens (tertiary/aromatic N) is 3. The van der Waals surface area contributed by atoms with Crippen molar-refractivity contribution < 1.29 is 4.42 Å². The van der Waals surface area contributed by atoms with Crippen LogP contribution in [0, 0.1) is 0 Å². The molecule has 0 unspecified atom stereocenters. The van der Waals surface area contributed by atoms with Crippen LogP contribution < -0.4 is 16.9 Å². The zero-order valence-corrected chi connectivity index (χ0v) is 11.1. The van der Waals surface area contributed by atoms with E-state index in [1.54, 1.807) is 25.2 Å². The lowest BCUT2D eigenvalue weighted by Crippen LogP contribution is -2.33. The SMILES string of the molecule is Cn1[nH]c(=O)c(=O)nc1Sc1nc2ccc(N)cc2o1. The van der Waals surface area contributed by atoms with E-state index in [4.69, 9.17) is 10.2 Å². The average Bonchev–Trinajstić information content (AvgIpc) is 2.77. The van der Waals surface area contributed by atoms with Crippen LogP contribution in [0.4, 0.5) is 5.69 Å². The van der Waals surface area contributed by atoms with Crippen molar-refractivity contribution in [2.75, 3.05) is 5.73 Å². The number of aromatic nitrogens is 4. The molecule has 9 heteroatoms. The van der Waals surface area contributed by atoms with E-state index < -0.39 is 11.1 Å². The van der Waals surface area contributed by atoms with E-state index in [-0.39, 0.29) is 5.16 Å². The second-order valence-electron chi connectivity index (χ2n) is 4.01. The third kappa shape index (κ3) is 2.18. The summed E-state index contributed by atoms with van der Waals surface area (Å²) < 4.78 is 6.83. The topological polar surface area (TPSA) is 120 Å². The predicted octanol–water partition coefficient (Wildman–Crippen LogP) is 0.343. The third-order valence-corrected chi connectivity index (χ3v) is 3.42. The van der Waals surface area contributed by atoms with Gasteiger partial charge >= 0.3 is 11.1 Å². The number of H-pyrrole nitrogens is 1. The normalized spacial score (nSPS) is 11.1. The van der Waals surface area contributed by atoms with Crippen molar-refractivity contribution in [2.24, 2.45) is 7.05 Å². The maximum Gasteiger partial charge on any atom is 0.339 e. The summed E-state index contributed by atoms with van der Waals surface area (Å²) in [6.07, 6.45) is 0. The number of benzene rings is 1. The first-order chi connectivity index (χ1) is 9.52. The van der Waals surface area contributed by atoms with Crippen molar-refractivity contribution in [2.45, 2.75) is 10.4 Å². The molecule has 0 aliphatic rings. The van der Waals surface area contributed by atoms with Crippen molar-refractivity contribution in [1.29, 1.82) is 0 Å². The number of aryl methyl sites for hydroxylation is 1. The summed E-state index contributed by atoms with van der Waals surface area (Å²) in [6.45, 7) is 0. The third-order valence-electron chi connectivity index (χ3n) is 2.52. The highest BCUT2D eigenvalue weighted by Gasteiger charge is 2.12. The number of nitrogens with two attached hydrogens (primary N) is 1. The van der Waals surface area contributed by atoms with Gasteiger partial charge in [0.05, 0.1) is 0 Å². The Morgan fingerprint density at radius 1 is 1.35 bits per heavy atom. The molecule has 0 bridgehead atoms. The maximum absolute atomic E-state index is 11.2. The number of hydrogen-bond acceptors (Lipinski definition) is 7. The van der Waals surface area contributed by atoms with Crippen LogP contribution >= 0.6 is 11.8 Å². The Labute approximate surface area is 115 Å². The van der Waals surface area contributed by atoms with Crippen LogP contribution in [0.5, 0.6) is 0 Å². The number of fused-ring (bicyclic) bond motifs is 1. The molecule has 0 spiro atoms. The fourth-order valence-corrected chi connectivity index (χ4v) is 2.34. The zero-order chi connectivity index (χ0) is 14.3. The Bertz CT molecular complexity index is 910. The molecule has 3 N–H and O–H groups in total. The van der Waals surface area contributed by atoms with E-state index in [2.05, 4.69) is 15.1 Å². The minimum Gasteiger partial charge on any atom is -0.431 e. The van der Waals surface area contributed by atoms with Crippen molar-refractivity contribution in [1.82, 2.24) is 19.7 Å². The Morgan fingerprint density at radius 2 is 2.15 bits per heavy atom. The van der Waals surface area contributed by atoms with Crippen LogP contribution in [-0.4, -0.2) is 19.7 Å². The van der Waals surface area contributed by atoms with Crippen LogP contribution in [0.3, 0.4) is 0 Å². The van der Waals surface area contributed by atoms with Crippen molar-refractivity contribution in [3.63, 3.8) is 0 Å². The lowest BCUT2D eigenvalue weighted by Gasteiger charge is -2.02. The molecule has 2 aromatic heterocycles. The minimum atomic E-state index is -0.856. The van der Waals surface area contributed by atoms with Gasteiger partial charge in [0, 0.05) is 30.6 Å². The van der Waals surface area contributed by atoms with Crippen molar-refractivity contribution in [3.8, 4) is 0 Å². The van der Waals surface area contributed by atoms with Gasteiger partial charge in [-0.1, -0.05) is 0 Å². The standard InChI is InChI=1S/C11H9N5O3S/c1-16-10(14-8(17)9(18)15-16)20-11-13-6-3-2-5(12)4-7(6)19-11/h2-4H,12H2,1H3,(H,15,18). The summed E-state index contributed by atoms with van der Waals surface area (Å²) in [7, 11) is 1.57. The number of rotatable bonds is 2. The number of aromatic amines is 1. The summed E-state index contributed by atoms with van der Waals surface area (Å²) in [4.78, 5) is 30.3. The quantitative estimate of drug-likeness (QED) is 0.516. The number of hydrogen-bond donors (Lipinski definition) is 2. The summed E-state index contributed by atoms with van der Waals surface area (Å²) >= 11 is 1.03. The predicted molar refractivity (Wildman–Crippen MR) is 72.6 cm³/mol. The van der Waals surface area contributed by atoms with Gasteiger partial charge in [-0.25, -0.2) is 4.98 Å². The zero-order valence-electron chi connectivity index (χ0n) is 10.3. The van der Waals surface area contributed by atoms with Crippen LogP contribution in [-0.2, 0) is 7.05 Å². The van der Waals surface area contributed by atoms with Gasteiger partial charge in [0.25, 0.3) is 5.22 Å². The van der Waals surface area contributed by atoms with Gasteiger partial charge in [-0.05, 0) is 12.1 Å². The molecule has 0 atom stereocenters. The highest BCUT2D eigenvalue weighted by molar-refractivity contribution is 7.99. The van der Waals surface area contributed by atoms with Gasteiger partial charge in [-0.3, -0.25) is 19.4 Å². The van der Waals surface area contributed by atoms with Crippen LogP contribution in [0.25, 0.3) is 11.1 Å². The van der Waals surface area contributed by atoms with Gasteiger partial charge in [0.15, 0.2) is 10.7 Å². The summed E-state index contributed by atoms with van der Waals surface area (Å²) in [5, 5.41) is 2.92. The Morgan fingerprint density at radius 3 is 2.95 bits per heavy atom. The monoisotopic (exact) mass is 291 g/mol. The minimum absolute atomic E-state index is 0.272. The molecule has 0 fully saturated rings. The molecule has 8 nitrogen and oxygen atoms in total. The second kappa shape index (κ2) is 4.53. The van der Waals surface area contributed by atoms with Gasteiger partial charge < -0.3 is 10.2 Å². The molecule has 0 aliphatic carbocycles.